The molecule has 0 spiro atoms. The molecule has 2 N–H and O–H groups in total. The van der Waals surface area contributed by atoms with Gasteiger partial charge in [-0.2, -0.15) is 0 Å². The summed E-state index contributed by atoms with van der Waals surface area (Å²) in [4.78, 5) is 13.8. The third-order valence-electron chi connectivity index (χ3n) is 4.57. The Hall–Kier alpha value is -2.24. The Morgan fingerprint density at radius 1 is 1.15 bits per heavy atom. The van der Waals surface area contributed by atoms with E-state index in [1.54, 1.807) is 32.4 Å². The molecular weight excluding hydrogens is 352 g/mol. The largest absolute Gasteiger partial charge is 0.497 e. The Bertz CT molecular complexity index is 760. The monoisotopic (exact) mass is 375 g/mol. The van der Waals surface area contributed by atoms with Crippen LogP contribution in [0.1, 0.15) is 18.4 Å². The molecule has 1 unspecified atom stereocenters. The highest BCUT2D eigenvalue weighted by atomic mass is 35.5. The second kappa shape index (κ2) is 8.43. The third kappa shape index (κ3) is 4.90. The van der Waals surface area contributed by atoms with Gasteiger partial charge >= 0.3 is 0 Å². The Labute approximate surface area is 158 Å². The number of hydrogen-bond donors (Lipinski definition) is 2. The number of carbonyl (C=O) groups excluding carboxylic acids is 1. The van der Waals surface area contributed by atoms with E-state index >= 15 is 0 Å². The Morgan fingerprint density at radius 3 is 2.50 bits per heavy atom. The van der Waals surface area contributed by atoms with Gasteiger partial charge in [-0.3, -0.25) is 4.79 Å². The number of ether oxygens (including phenoxy) is 2. The van der Waals surface area contributed by atoms with Gasteiger partial charge in [-0.15, -0.1) is 0 Å². The third-order valence-corrected chi connectivity index (χ3v) is 4.80. The molecule has 0 aliphatic heterocycles. The minimum atomic E-state index is -0.0408. The second-order valence-corrected chi connectivity index (χ2v) is 6.96. The van der Waals surface area contributed by atoms with Crippen LogP contribution in [0.25, 0.3) is 0 Å². The molecule has 3 rings (SSSR count). The van der Waals surface area contributed by atoms with Gasteiger partial charge in [-0.1, -0.05) is 11.6 Å². The van der Waals surface area contributed by atoms with Crippen molar-refractivity contribution in [3.8, 4) is 11.5 Å². The molecule has 0 radical (unpaired) electrons. The van der Waals surface area contributed by atoms with Gasteiger partial charge in [0.25, 0.3) is 5.91 Å². The SMILES string of the molecule is COc1ccc(C[NH+](CC(=O)Nc2cc(Cl)ccc2OC)C2CC2)cc1. The number of halogens is 1. The maximum Gasteiger partial charge on any atom is 0.279 e. The van der Waals surface area contributed by atoms with E-state index in [9.17, 15) is 4.79 Å². The van der Waals surface area contributed by atoms with E-state index in [0.717, 1.165) is 12.3 Å². The Morgan fingerprint density at radius 2 is 1.88 bits per heavy atom. The van der Waals surface area contributed by atoms with Gasteiger partial charge in [0.1, 0.15) is 18.0 Å². The van der Waals surface area contributed by atoms with E-state index in [1.807, 2.05) is 12.1 Å². The first kappa shape index (κ1) is 18.5. The summed E-state index contributed by atoms with van der Waals surface area (Å²) in [6.07, 6.45) is 2.33. The van der Waals surface area contributed by atoms with Crippen LogP contribution in [0.15, 0.2) is 42.5 Å². The normalized spacial score (nSPS) is 14.6. The standard InChI is InChI=1S/C20H23ClN2O3/c1-25-17-8-3-14(4-9-17)12-23(16-6-7-16)13-20(24)22-18-11-15(21)5-10-19(18)26-2/h3-5,8-11,16H,6-7,12-13H2,1-2H3,(H,22,24)/p+1. The van der Waals surface area contributed by atoms with Crippen LogP contribution in [0.2, 0.25) is 5.02 Å². The molecule has 2 aromatic rings. The van der Waals surface area contributed by atoms with Gasteiger partial charge in [0.05, 0.1) is 25.9 Å². The summed E-state index contributed by atoms with van der Waals surface area (Å²) in [5, 5.41) is 3.49. The first-order chi connectivity index (χ1) is 12.6. The molecule has 1 atom stereocenters. The molecular formula is C20H24ClN2O3+. The number of methoxy groups -OCH3 is 2. The molecule has 1 fully saturated rings. The van der Waals surface area contributed by atoms with Crippen LogP contribution in [0, 0.1) is 0 Å². The predicted octanol–water partition coefficient (Wildman–Crippen LogP) is 2.54. The molecule has 1 amide bonds. The molecule has 1 aliphatic carbocycles. The fourth-order valence-electron chi connectivity index (χ4n) is 3.03. The summed E-state index contributed by atoms with van der Waals surface area (Å²) >= 11 is 6.03. The fourth-order valence-corrected chi connectivity index (χ4v) is 3.20. The van der Waals surface area contributed by atoms with Gasteiger partial charge in [0.15, 0.2) is 6.54 Å². The number of carbonyl (C=O) groups is 1. The van der Waals surface area contributed by atoms with Crippen molar-refractivity contribution in [1.29, 1.82) is 0 Å². The quantitative estimate of drug-likeness (QED) is 0.745. The highest BCUT2D eigenvalue weighted by Gasteiger charge is 2.34. The van der Waals surface area contributed by atoms with Gasteiger partial charge in [0, 0.05) is 23.4 Å². The van der Waals surface area contributed by atoms with Crippen LogP contribution in [-0.4, -0.2) is 32.7 Å². The van der Waals surface area contributed by atoms with Crippen LogP contribution in [0.4, 0.5) is 5.69 Å². The molecule has 6 heteroatoms. The van der Waals surface area contributed by atoms with Crippen molar-refractivity contribution in [1.82, 2.24) is 0 Å². The lowest BCUT2D eigenvalue weighted by molar-refractivity contribution is -0.916. The van der Waals surface area contributed by atoms with Crippen molar-refractivity contribution in [3.63, 3.8) is 0 Å². The van der Waals surface area contributed by atoms with Crippen molar-refractivity contribution in [2.45, 2.75) is 25.4 Å². The zero-order chi connectivity index (χ0) is 18.5. The van der Waals surface area contributed by atoms with E-state index in [0.29, 0.717) is 29.0 Å². The molecule has 1 aliphatic rings. The van der Waals surface area contributed by atoms with E-state index in [2.05, 4.69) is 17.4 Å². The number of rotatable bonds is 8. The lowest BCUT2D eigenvalue weighted by Crippen LogP contribution is -3.13. The first-order valence-electron chi connectivity index (χ1n) is 8.70. The molecule has 2 aromatic carbocycles. The van der Waals surface area contributed by atoms with E-state index in [4.69, 9.17) is 21.1 Å². The molecule has 5 nitrogen and oxygen atoms in total. The van der Waals surface area contributed by atoms with Crippen molar-refractivity contribution < 1.29 is 19.2 Å². The van der Waals surface area contributed by atoms with Crippen LogP contribution in [0.5, 0.6) is 11.5 Å². The summed E-state index contributed by atoms with van der Waals surface area (Å²) in [5.41, 5.74) is 1.80. The summed E-state index contributed by atoms with van der Waals surface area (Å²) in [5.74, 6) is 1.40. The summed E-state index contributed by atoms with van der Waals surface area (Å²) in [7, 11) is 3.23. The molecule has 1 saturated carbocycles. The van der Waals surface area contributed by atoms with Gasteiger partial charge in [0.2, 0.25) is 0 Å². The Kier molecular flexibility index (Phi) is 6.01. The van der Waals surface area contributed by atoms with Crippen molar-refractivity contribution >= 4 is 23.2 Å². The van der Waals surface area contributed by atoms with Crippen LogP contribution >= 0.6 is 11.6 Å². The van der Waals surface area contributed by atoms with Gasteiger partial charge in [-0.05, 0) is 42.5 Å². The van der Waals surface area contributed by atoms with E-state index < -0.39 is 0 Å². The molecule has 0 bridgehead atoms. The maximum atomic E-state index is 12.6. The minimum Gasteiger partial charge on any atom is -0.497 e. The van der Waals surface area contributed by atoms with Crippen LogP contribution < -0.4 is 19.7 Å². The number of quaternary nitrogens is 1. The van der Waals surface area contributed by atoms with Crippen molar-refractivity contribution in [3.05, 3.63) is 53.1 Å². The van der Waals surface area contributed by atoms with Gasteiger partial charge < -0.3 is 19.7 Å². The molecule has 138 valence electrons. The zero-order valence-electron chi connectivity index (χ0n) is 15.0. The number of nitrogens with one attached hydrogen (secondary N) is 2. The highest BCUT2D eigenvalue weighted by molar-refractivity contribution is 6.31. The average Bonchev–Trinajstić information content (AvgIpc) is 3.47. The first-order valence-corrected chi connectivity index (χ1v) is 9.07. The Balaban J connectivity index is 1.64. The summed E-state index contributed by atoms with van der Waals surface area (Å²) in [6.45, 7) is 1.22. The molecule has 0 saturated heterocycles. The number of hydrogen-bond acceptors (Lipinski definition) is 3. The number of anilines is 1. The molecule has 0 aromatic heterocycles. The van der Waals surface area contributed by atoms with E-state index in [1.165, 1.54) is 23.3 Å². The minimum absolute atomic E-state index is 0.0408. The second-order valence-electron chi connectivity index (χ2n) is 6.53. The lowest BCUT2D eigenvalue weighted by atomic mass is 10.2. The molecule has 26 heavy (non-hydrogen) atoms. The number of benzene rings is 2. The highest BCUT2D eigenvalue weighted by Crippen LogP contribution is 2.27. The average molecular weight is 376 g/mol. The zero-order valence-corrected chi connectivity index (χ0v) is 15.8. The van der Waals surface area contributed by atoms with Crippen molar-refractivity contribution in [2.75, 3.05) is 26.1 Å². The maximum absolute atomic E-state index is 12.6. The van der Waals surface area contributed by atoms with Crippen LogP contribution in [-0.2, 0) is 11.3 Å². The summed E-state index contributed by atoms with van der Waals surface area (Å²) in [6, 6.07) is 13.8. The predicted molar refractivity (Wildman–Crippen MR) is 102 cm³/mol. The lowest BCUT2D eigenvalue weighted by Gasteiger charge is -2.19. The smallest absolute Gasteiger partial charge is 0.279 e. The van der Waals surface area contributed by atoms with E-state index in [-0.39, 0.29) is 5.91 Å². The summed E-state index contributed by atoms with van der Waals surface area (Å²) < 4.78 is 10.5. The fraction of sp³-hybridized carbons (Fsp3) is 0.350. The topological polar surface area (TPSA) is 52.0 Å². The molecule has 0 heterocycles. The van der Waals surface area contributed by atoms with Gasteiger partial charge in [-0.25, -0.2) is 0 Å². The van der Waals surface area contributed by atoms with Crippen molar-refractivity contribution in [2.24, 2.45) is 0 Å². The van der Waals surface area contributed by atoms with Crippen LogP contribution in [0.3, 0.4) is 0 Å². The number of amides is 1.